The van der Waals surface area contributed by atoms with Crippen LogP contribution in [-0.2, 0) is 11.2 Å². The molecule has 0 amide bonds. The minimum Gasteiger partial charge on any atom is -0.303 e. The third-order valence-electron chi connectivity index (χ3n) is 6.43. The summed E-state index contributed by atoms with van der Waals surface area (Å²) in [6.07, 6.45) is 9.06. The normalized spacial score (nSPS) is 24.2. The minimum atomic E-state index is -0.0943. The molecule has 3 aliphatic heterocycles. The molecule has 4 heteroatoms. The van der Waals surface area contributed by atoms with Crippen LogP contribution in [0.2, 0.25) is 0 Å². The number of nitrogens with zero attached hydrogens (tertiary/aromatic N) is 3. The summed E-state index contributed by atoms with van der Waals surface area (Å²) in [5, 5.41) is 2.23. The Balaban J connectivity index is 1.43. The first-order valence-corrected chi connectivity index (χ1v) is 9.77. The molecule has 4 nitrogen and oxygen atoms in total. The minimum absolute atomic E-state index is 0.0943. The number of fused-ring (bicyclic) bond motifs is 4. The summed E-state index contributed by atoms with van der Waals surface area (Å²) >= 11 is 0. The van der Waals surface area contributed by atoms with Crippen LogP contribution < -0.4 is 0 Å². The van der Waals surface area contributed by atoms with Gasteiger partial charge in [0.15, 0.2) is 0 Å². The summed E-state index contributed by atoms with van der Waals surface area (Å²) in [5.41, 5.74) is 3.03. The molecule has 3 aliphatic rings. The summed E-state index contributed by atoms with van der Waals surface area (Å²) in [6.45, 7) is 3.22. The molecule has 5 heterocycles. The van der Waals surface area contributed by atoms with Gasteiger partial charge in [-0.15, -0.1) is 0 Å². The lowest BCUT2D eigenvalue weighted by molar-refractivity contribution is -0.135. The Morgan fingerprint density at radius 1 is 0.963 bits per heavy atom. The first-order chi connectivity index (χ1) is 13.2. The highest BCUT2D eigenvalue weighted by Crippen LogP contribution is 2.41. The number of carbonyl (C=O) groups excluding carboxylic acids is 1. The van der Waals surface area contributed by atoms with Crippen LogP contribution in [0.1, 0.15) is 25.0 Å². The van der Waals surface area contributed by atoms with Gasteiger partial charge in [-0.25, -0.2) is 0 Å². The van der Waals surface area contributed by atoms with E-state index >= 15 is 0 Å². The van der Waals surface area contributed by atoms with Gasteiger partial charge in [0.25, 0.3) is 0 Å². The van der Waals surface area contributed by atoms with Gasteiger partial charge in [0.2, 0.25) is 0 Å². The lowest BCUT2D eigenvalue weighted by atomic mass is 9.68. The highest BCUT2D eigenvalue weighted by Gasteiger charge is 2.44. The summed E-state index contributed by atoms with van der Waals surface area (Å²) in [4.78, 5) is 24.4. The average Bonchev–Trinajstić information content (AvgIpc) is 2.75. The Labute approximate surface area is 159 Å². The van der Waals surface area contributed by atoms with E-state index in [0.717, 1.165) is 66.5 Å². The van der Waals surface area contributed by atoms with Crippen LogP contribution in [0.4, 0.5) is 0 Å². The second-order valence-electron chi connectivity index (χ2n) is 7.95. The number of carbonyl (C=O) groups is 1. The van der Waals surface area contributed by atoms with Gasteiger partial charge in [0.1, 0.15) is 5.78 Å². The van der Waals surface area contributed by atoms with Crippen molar-refractivity contribution in [3.8, 4) is 11.1 Å². The SMILES string of the molecule is O=C(Cc1cc2cc(-c3cccnc3)ccc2cn1)C12CCN(CC1)CC2. The molecule has 0 radical (unpaired) electrons. The van der Waals surface area contributed by atoms with Crippen LogP contribution in [0.3, 0.4) is 0 Å². The van der Waals surface area contributed by atoms with E-state index in [9.17, 15) is 4.79 Å². The second-order valence-corrected chi connectivity index (χ2v) is 7.95. The quantitative estimate of drug-likeness (QED) is 0.711. The summed E-state index contributed by atoms with van der Waals surface area (Å²) in [5.74, 6) is 0.386. The van der Waals surface area contributed by atoms with E-state index < -0.39 is 0 Å². The first-order valence-electron chi connectivity index (χ1n) is 9.77. The van der Waals surface area contributed by atoms with Crippen molar-refractivity contribution >= 4 is 16.6 Å². The third-order valence-corrected chi connectivity index (χ3v) is 6.43. The van der Waals surface area contributed by atoms with Crippen LogP contribution in [0.15, 0.2) is 55.0 Å². The number of ketones is 1. The number of rotatable bonds is 4. The van der Waals surface area contributed by atoms with Crippen LogP contribution >= 0.6 is 0 Å². The Hall–Kier alpha value is -2.59. The lowest BCUT2D eigenvalue weighted by Gasteiger charge is -2.47. The molecule has 2 aromatic heterocycles. The van der Waals surface area contributed by atoms with Gasteiger partial charge in [0.05, 0.1) is 0 Å². The van der Waals surface area contributed by atoms with Crippen molar-refractivity contribution in [2.45, 2.75) is 25.7 Å². The van der Waals surface area contributed by atoms with Crippen LogP contribution in [-0.4, -0.2) is 40.3 Å². The van der Waals surface area contributed by atoms with E-state index in [-0.39, 0.29) is 5.41 Å². The molecule has 136 valence electrons. The molecule has 0 saturated carbocycles. The number of hydrogen-bond acceptors (Lipinski definition) is 4. The molecule has 2 bridgehead atoms. The summed E-state index contributed by atoms with van der Waals surface area (Å²) < 4.78 is 0. The third kappa shape index (κ3) is 3.04. The van der Waals surface area contributed by atoms with Gasteiger partial charge in [-0.3, -0.25) is 14.8 Å². The van der Waals surface area contributed by atoms with E-state index in [1.54, 1.807) is 6.20 Å². The van der Waals surface area contributed by atoms with Crippen molar-refractivity contribution < 1.29 is 4.79 Å². The van der Waals surface area contributed by atoms with Crippen molar-refractivity contribution in [1.82, 2.24) is 14.9 Å². The maximum atomic E-state index is 13.1. The Morgan fingerprint density at radius 2 is 1.78 bits per heavy atom. The fourth-order valence-electron chi connectivity index (χ4n) is 4.59. The molecule has 0 spiro atoms. The molecule has 6 rings (SSSR count). The number of Topliss-reactive ketones (excluding diaryl/α,β-unsaturated/α-hetero) is 1. The van der Waals surface area contributed by atoms with Crippen LogP contribution in [0.25, 0.3) is 21.9 Å². The van der Waals surface area contributed by atoms with E-state index in [2.05, 4.69) is 45.2 Å². The molecule has 0 N–H and O–H groups in total. The maximum absolute atomic E-state index is 13.1. The fraction of sp³-hybridized carbons (Fsp3) is 0.348. The van der Waals surface area contributed by atoms with Gasteiger partial charge in [0, 0.05) is 47.1 Å². The Morgan fingerprint density at radius 3 is 2.52 bits per heavy atom. The van der Waals surface area contributed by atoms with E-state index in [1.165, 1.54) is 0 Å². The summed E-state index contributed by atoms with van der Waals surface area (Å²) in [6, 6.07) is 12.5. The number of hydrogen-bond donors (Lipinski definition) is 0. The molecule has 3 aromatic rings. The van der Waals surface area contributed by atoms with Gasteiger partial charge in [-0.1, -0.05) is 18.2 Å². The van der Waals surface area contributed by atoms with Crippen molar-refractivity contribution in [2.24, 2.45) is 5.41 Å². The molecule has 1 aromatic carbocycles. The standard InChI is InChI=1S/C23H23N3O/c27-22(23-5-9-26(10-6-23)11-7-23)14-21-13-20-12-17(3-4-19(20)16-25-21)18-2-1-8-24-15-18/h1-4,8,12-13,15-16H,5-7,9-11,14H2. The number of benzene rings is 1. The molecular formula is C23H23N3O. The Bertz CT molecular complexity index is 977. The molecule has 0 atom stereocenters. The fourth-order valence-corrected chi connectivity index (χ4v) is 4.59. The number of pyridine rings is 2. The second kappa shape index (κ2) is 6.54. The van der Waals surface area contributed by atoms with E-state index in [4.69, 9.17) is 0 Å². The average molecular weight is 357 g/mol. The van der Waals surface area contributed by atoms with Crippen molar-refractivity contribution in [1.29, 1.82) is 0 Å². The zero-order valence-corrected chi connectivity index (χ0v) is 15.4. The number of aromatic nitrogens is 2. The van der Waals surface area contributed by atoms with Gasteiger partial charge in [-0.2, -0.15) is 0 Å². The Kier molecular flexibility index (Phi) is 4.01. The monoisotopic (exact) mass is 357 g/mol. The predicted molar refractivity (Wildman–Crippen MR) is 106 cm³/mol. The summed E-state index contributed by atoms with van der Waals surface area (Å²) in [7, 11) is 0. The lowest BCUT2D eigenvalue weighted by Crippen LogP contribution is -2.52. The van der Waals surface area contributed by atoms with Gasteiger partial charge >= 0.3 is 0 Å². The van der Waals surface area contributed by atoms with Crippen molar-refractivity contribution in [3.63, 3.8) is 0 Å². The molecular weight excluding hydrogens is 334 g/mol. The molecule has 27 heavy (non-hydrogen) atoms. The van der Waals surface area contributed by atoms with Crippen LogP contribution in [0.5, 0.6) is 0 Å². The first kappa shape index (κ1) is 16.6. The molecule has 0 aliphatic carbocycles. The highest BCUT2D eigenvalue weighted by atomic mass is 16.1. The molecule has 0 unspecified atom stereocenters. The molecule has 3 fully saturated rings. The molecule has 3 saturated heterocycles. The smallest absolute Gasteiger partial charge is 0.145 e. The van der Waals surface area contributed by atoms with Gasteiger partial charge < -0.3 is 4.90 Å². The van der Waals surface area contributed by atoms with Crippen LogP contribution in [0, 0.1) is 5.41 Å². The zero-order valence-electron chi connectivity index (χ0n) is 15.4. The van der Waals surface area contributed by atoms with Crippen molar-refractivity contribution in [3.05, 3.63) is 60.7 Å². The highest BCUT2D eigenvalue weighted by molar-refractivity contribution is 5.90. The zero-order chi connectivity index (χ0) is 18.3. The predicted octanol–water partition coefficient (Wildman–Crippen LogP) is 3.89. The van der Waals surface area contributed by atoms with Crippen molar-refractivity contribution in [2.75, 3.05) is 19.6 Å². The van der Waals surface area contributed by atoms with Gasteiger partial charge in [-0.05, 0) is 68.0 Å². The topological polar surface area (TPSA) is 46.1 Å². The largest absolute Gasteiger partial charge is 0.303 e. The maximum Gasteiger partial charge on any atom is 0.145 e. The number of piperidine rings is 3. The van der Waals surface area contributed by atoms with E-state index in [0.29, 0.717) is 12.2 Å². The van der Waals surface area contributed by atoms with E-state index in [1.807, 2.05) is 18.5 Å².